The van der Waals surface area contributed by atoms with Crippen LogP contribution in [-0.4, -0.2) is 50.5 Å². The van der Waals surface area contributed by atoms with E-state index in [1.54, 1.807) is 0 Å². The molecule has 2 amide bonds. The van der Waals surface area contributed by atoms with E-state index >= 15 is 0 Å². The van der Waals surface area contributed by atoms with E-state index in [0.29, 0.717) is 32.5 Å². The number of nitriles is 1. The zero-order valence-electron chi connectivity index (χ0n) is 15.6. The van der Waals surface area contributed by atoms with Crippen LogP contribution in [0.3, 0.4) is 0 Å². The summed E-state index contributed by atoms with van der Waals surface area (Å²) >= 11 is 0. The van der Waals surface area contributed by atoms with Gasteiger partial charge in [0.2, 0.25) is 11.8 Å². The summed E-state index contributed by atoms with van der Waals surface area (Å²) in [6, 6.07) is 2.07. The van der Waals surface area contributed by atoms with E-state index in [1.807, 2.05) is 0 Å². The minimum atomic E-state index is -0.173. The predicted octanol–water partition coefficient (Wildman–Crippen LogP) is -0.274. The van der Waals surface area contributed by atoms with Crippen molar-refractivity contribution in [2.45, 2.75) is 51.4 Å². The number of carbonyl (C=O) groups excluding carboxylic acids is 2. The Morgan fingerprint density at radius 2 is 1.62 bits per heavy atom. The average molecular weight is 367 g/mol. The third-order valence-corrected chi connectivity index (χ3v) is 3.57. The Kier molecular flexibility index (Phi) is 15.9. The molecule has 0 saturated carbocycles. The van der Waals surface area contributed by atoms with Crippen molar-refractivity contribution in [1.82, 2.24) is 16.0 Å². The van der Waals surface area contributed by atoms with Gasteiger partial charge in [-0.25, -0.2) is 0 Å². The highest BCUT2D eigenvalue weighted by Crippen LogP contribution is 2.03. The fourth-order valence-corrected chi connectivity index (χ4v) is 2.16. The monoisotopic (exact) mass is 367 g/mol. The molecule has 0 aliphatic heterocycles. The summed E-state index contributed by atoms with van der Waals surface area (Å²) in [5.74, 6) is -0.172. The Morgan fingerprint density at radius 1 is 0.885 bits per heavy atom. The van der Waals surface area contributed by atoms with Gasteiger partial charge in [-0.15, -0.1) is 0 Å². The van der Waals surface area contributed by atoms with Crippen LogP contribution in [-0.2, 0) is 9.59 Å². The number of unbranched alkanes of at least 4 members (excludes halogenated alkanes) is 4. The molecule has 0 saturated heterocycles. The molecule has 0 heterocycles. The zero-order valence-corrected chi connectivity index (χ0v) is 15.6. The summed E-state index contributed by atoms with van der Waals surface area (Å²) in [7, 11) is 0. The number of nitrogens with zero attached hydrogens (tertiary/aromatic N) is 2. The molecule has 0 aliphatic rings. The Morgan fingerprint density at radius 3 is 2.35 bits per heavy atom. The molecule has 0 aromatic heterocycles. The van der Waals surface area contributed by atoms with E-state index in [2.05, 4.69) is 27.0 Å². The average Bonchev–Trinajstić information content (AvgIpc) is 2.61. The van der Waals surface area contributed by atoms with Gasteiger partial charge >= 0.3 is 0 Å². The van der Waals surface area contributed by atoms with Crippen LogP contribution < -0.4 is 27.4 Å². The van der Waals surface area contributed by atoms with Crippen molar-refractivity contribution in [3.63, 3.8) is 0 Å². The minimum Gasteiger partial charge on any atom is -0.370 e. The zero-order chi connectivity index (χ0) is 19.5. The Bertz CT molecular complexity index is 457. The van der Waals surface area contributed by atoms with E-state index in [9.17, 15) is 9.59 Å². The lowest BCUT2D eigenvalue weighted by molar-refractivity contribution is -0.126. The van der Waals surface area contributed by atoms with Gasteiger partial charge in [0.05, 0.1) is 12.6 Å². The molecule has 0 rings (SSSR count). The van der Waals surface area contributed by atoms with Crippen LogP contribution >= 0.6 is 0 Å². The van der Waals surface area contributed by atoms with Crippen LogP contribution in [0.4, 0.5) is 0 Å². The highest BCUT2D eigenvalue weighted by atomic mass is 16.2. The maximum atomic E-state index is 11.6. The van der Waals surface area contributed by atoms with Crippen molar-refractivity contribution in [1.29, 1.82) is 5.26 Å². The van der Waals surface area contributed by atoms with Crippen molar-refractivity contribution in [3.05, 3.63) is 0 Å². The molecule has 0 fully saturated rings. The summed E-state index contributed by atoms with van der Waals surface area (Å²) in [5, 5.41) is 16.9. The van der Waals surface area contributed by atoms with E-state index < -0.39 is 0 Å². The number of carbonyl (C=O) groups is 2. The first-order valence-electron chi connectivity index (χ1n) is 9.22. The molecule has 9 heteroatoms. The van der Waals surface area contributed by atoms with E-state index in [4.69, 9.17) is 16.7 Å². The lowest BCUT2D eigenvalue weighted by Gasteiger charge is -2.07. The molecule has 26 heavy (non-hydrogen) atoms. The van der Waals surface area contributed by atoms with Gasteiger partial charge in [-0.3, -0.25) is 14.6 Å². The van der Waals surface area contributed by atoms with Crippen molar-refractivity contribution < 1.29 is 9.59 Å². The SMILES string of the molecule is N#CCCNCCCCNC(=O)CNC(=O)CCCCCCN=C(N)N. The van der Waals surface area contributed by atoms with Crippen LogP contribution in [0.1, 0.15) is 51.4 Å². The first-order valence-corrected chi connectivity index (χ1v) is 9.22. The molecule has 0 spiro atoms. The lowest BCUT2D eigenvalue weighted by atomic mass is 10.1. The normalized spacial score (nSPS) is 9.96. The predicted molar refractivity (Wildman–Crippen MR) is 102 cm³/mol. The molecular weight excluding hydrogens is 334 g/mol. The molecule has 0 radical (unpaired) electrons. The second-order valence-electron chi connectivity index (χ2n) is 5.96. The van der Waals surface area contributed by atoms with Crippen LogP contribution in [0.15, 0.2) is 4.99 Å². The van der Waals surface area contributed by atoms with Gasteiger partial charge < -0.3 is 27.4 Å². The number of nitrogens with two attached hydrogens (primary N) is 2. The first kappa shape index (κ1) is 23.7. The van der Waals surface area contributed by atoms with E-state index in [-0.39, 0.29) is 24.3 Å². The van der Waals surface area contributed by atoms with Gasteiger partial charge in [0.1, 0.15) is 0 Å². The standard InChI is InChI=1S/C17H33N7O2/c18-9-7-11-21-10-5-6-12-22-16(26)14-24-15(25)8-3-1-2-4-13-23-17(19)20/h21H,1-8,10-14H2,(H,22,26)(H,24,25)(H4,19,20,23). The molecule has 148 valence electrons. The fraction of sp³-hybridized carbons (Fsp3) is 0.765. The quantitative estimate of drug-likeness (QED) is 0.143. The summed E-state index contributed by atoms with van der Waals surface area (Å²) in [4.78, 5) is 27.2. The van der Waals surface area contributed by atoms with Crippen LogP contribution in [0.25, 0.3) is 0 Å². The number of hydrogen-bond donors (Lipinski definition) is 5. The molecule has 0 aromatic carbocycles. The molecule has 9 nitrogen and oxygen atoms in total. The van der Waals surface area contributed by atoms with Gasteiger partial charge in [0, 0.05) is 32.5 Å². The second-order valence-corrected chi connectivity index (χ2v) is 5.96. The topological polar surface area (TPSA) is 158 Å². The van der Waals surface area contributed by atoms with Crippen LogP contribution in [0, 0.1) is 11.3 Å². The van der Waals surface area contributed by atoms with Gasteiger partial charge in [-0.05, 0) is 32.2 Å². The third-order valence-electron chi connectivity index (χ3n) is 3.57. The van der Waals surface area contributed by atoms with Crippen molar-refractivity contribution in [2.24, 2.45) is 16.5 Å². The molecule has 7 N–H and O–H groups in total. The minimum absolute atomic E-state index is 0.0176. The summed E-state index contributed by atoms with van der Waals surface area (Å²) < 4.78 is 0. The third kappa shape index (κ3) is 18.0. The van der Waals surface area contributed by atoms with Gasteiger partial charge in [0.25, 0.3) is 0 Å². The van der Waals surface area contributed by atoms with E-state index in [0.717, 1.165) is 45.1 Å². The van der Waals surface area contributed by atoms with Gasteiger partial charge in [0.15, 0.2) is 5.96 Å². The highest BCUT2D eigenvalue weighted by molar-refractivity contribution is 5.84. The summed E-state index contributed by atoms with van der Waals surface area (Å²) in [6.07, 6.45) is 6.31. The number of rotatable bonds is 16. The summed E-state index contributed by atoms with van der Waals surface area (Å²) in [6.45, 7) is 2.75. The van der Waals surface area contributed by atoms with Crippen molar-refractivity contribution >= 4 is 17.8 Å². The number of aliphatic imine (C=N–C) groups is 1. The molecule has 0 atom stereocenters. The van der Waals surface area contributed by atoms with Crippen molar-refractivity contribution in [3.8, 4) is 6.07 Å². The summed E-state index contributed by atoms with van der Waals surface area (Å²) in [5.41, 5.74) is 10.5. The number of amides is 2. The fourth-order valence-electron chi connectivity index (χ4n) is 2.16. The first-order chi connectivity index (χ1) is 12.6. The maximum Gasteiger partial charge on any atom is 0.239 e. The van der Waals surface area contributed by atoms with Crippen LogP contribution in [0.5, 0.6) is 0 Å². The largest absolute Gasteiger partial charge is 0.370 e. The highest BCUT2D eigenvalue weighted by Gasteiger charge is 2.04. The molecular formula is C17H33N7O2. The van der Waals surface area contributed by atoms with Gasteiger partial charge in [-0.1, -0.05) is 12.8 Å². The number of guanidine groups is 1. The lowest BCUT2D eigenvalue weighted by Crippen LogP contribution is -2.37. The molecule has 0 bridgehead atoms. The smallest absolute Gasteiger partial charge is 0.239 e. The van der Waals surface area contributed by atoms with Gasteiger partial charge in [-0.2, -0.15) is 5.26 Å². The molecule has 0 unspecified atom stereocenters. The number of hydrogen-bond acceptors (Lipinski definition) is 5. The maximum absolute atomic E-state index is 11.6. The van der Waals surface area contributed by atoms with Crippen LogP contribution in [0.2, 0.25) is 0 Å². The Balaban J connectivity index is 3.41. The molecule has 0 aliphatic carbocycles. The Labute approximate surface area is 156 Å². The Hall–Kier alpha value is -2.34. The number of nitrogens with one attached hydrogen (secondary N) is 3. The second kappa shape index (κ2) is 17.5. The van der Waals surface area contributed by atoms with E-state index in [1.165, 1.54) is 0 Å². The molecule has 0 aromatic rings. The van der Waals surface area contributed by atoms with Crippen molar-refractivity contribution in [2.75, 3.05) is 32.7 Å².